The Morgan fingerprint density at radius 1 is 0.750 bits per heavy atom. The number of pyridine rings is 1. The molecule has 7 rings (SSSR count). The van der Waals surface area contributed by atoms with Gasteiger partial charge in [0, 0.05) is 35.4 Å². The standard InChI is InChI=1S/C34H26ClN7O5S/c1-17-8-9-18(2)24(14-17)38-34-40-32(35)39-33(41-34)36-19-10-13-27(48(45,46)47)25(15-19)37-23-11-12-26-29-22(16-28(43)42(26)3)20-6-4-5-7-21(20)31(44)30(23)29/h4-16,37H,1-3H3,(H,45,46,47)(H2,36,38,39,40,41). The minimum atomic E-state index is -4.72. The molecule has 4 N–H and O–H groups in total. The van der Waals surface area contributed by atoms with E-state index >= 15 is 0 Å². The second-order valence-electron chi connectivity index (χ2n) is 11.3. The fourth-order valence-corrected chi connectivity index (χ4v) is 6.60. The lowest BCUT2D eigenvalue weighted by atomic mass is 9.83. The summed E-state index contributed by atoms with van der Waals surface area (Å²) in [4.78, 5) is 39.1. The maximum atomic E-state index is 14.0. The molecule has 0 spiro atoms. The number of carbonyl (C=O) groups excluding carboxylic acids is 1. The fourth-order valence-electron chi connectivity index (χ4n) is 5.82. The van der Waals surface area contributed by atoms with E-state index in [-0.39, 0.29) is 45.5 Å². The molecule has 0 atom stereocenters. The lowest BCUT2D eigenvalue weighted by Gasteiger charge is -2.24. The molecule has 0 saturated heterocycles. The van der Waals surface area contributed by atoms with Crippen LogP contribution in [0.2, 0.25) is 5.28 Å². The van der Waals surface area contributed by atoms with Crippen molar-refractivity contribution in [2.75, 3.05) is 16.0 Å². The molecule has 4 aromatic carbocycles. The first-order chi connectivity index (χ1) is 22.9. The summed E-state index contributed by atoms with van der Waals surface area (Å²) in [7, 11) is -3.11. The average molecular weight is 680 g/mol. The Morgan fingerprint density at radius 2 is 1.48 bits per heavy atom. The van der Waals surface area contributed by atoms with Gasteiger partial charge >= 0.3 is 0 Å². The normalized spacial score (nSPS) is 12.1. The van der Waals surface area contributed by atoms with E-state index in [0.29, 0.717) is 33.3 Å². The van der Waals surface area contributed by atoms with E-state index < -0.39 is 15.0 Å². The number of fused-ring (bicyclic) bond motifs is 2. The van der Waals surface area contributed by atoms with Gasteiger partial charge in [-0.2, -0.15) is 23.4 Å². The molecule has 1 aliphatic rings. The van der Waals surface area contributed by atoms with Crippen LogP contribution in [-0.2, 0) is 17.2 Å². The van der Waals surface area contributed by atoms with Gasteiger partial charge in [0.05, 0.1) is 22.5 Å². The summed E-state index contributed by atoms with van der Waals surface area (Å²) < 4.78 is 36.6. The van der Waals surface area contributed by atoms with Gasteiger partial charge in [0.2, 0.25) is 17.2 Å². The highest BCUT2D eigenvalue weighted by Gasteiger charge is 2.29. The van der Waals surface area contributed by atoms with E-state index in [0.717, 1.165) is 16.8 Å². The van der Waals surface area contributed by atoms with E-state index in [1.54, 1.807) is 43.4 Å². The number of aromatic nitrogens is 4. The Morgan fingerprint density at radius 3 is 2.23 bits per heavy atom. The van der Waals surface area contributed by atoms with Crippen LogP contribution >= 0.6 is 11.6 Å². The zero-order chi connectivity index (χ0) is 33.9. The van der Waals surface area contributed by atoms with Crippen LogP contribution in [0.5, 0.6) is 0 Å². The van der Waals surface area contributed by atoms with Gasteiger partial charge in [0.25, 0.3) is 15.7 Å². The molecule has 0 aliphatic heterocycles. The quantitative estimate of drug-likeness (QED) is 0.133. The minimum Gasteiger partial charge on any atom is -0.354 e. The highest BCUT2D eigenvalue weighted by Crippen LogP contribution is 2.42. The molecular weight excluding hydrogens is 654 g/mol. The third-order valence-electron chi connectivity index (χ3n) is 8.13. The van der Waals surface area contributed by atoms with Gasteiger partial charge in [0.15, 0.2) is 5.78 Å². The molecule has 0 amide bonds. The smallest absolute Gasteiger partial charge is 0.296 e. The number of nitrogens with zero attached hydrogens (tertiary/aromatic N) is 4. The lowest BCUT2D eigenvalue weighted by Crippen LogP contribution is -2.21. The van der Waals surface area contributed by atoms with Crippen molar-refractivity contribution < 1.29 is 17.8 Å². The van der Waals surface area contributed by atoms with Crippen molar-refractivity contribution in [2.45, 2.75) is 18.7 Å². The summed E-state index contributed by atoms with van der Waals surface area (Å²) in [5.74, 6) is -0.0684. The van der Waals surface area contributed by atoms with E-state index in [2.05, 4.69) is 30.9 Å². The van der Waals surface area contributed by atoms with Crippen molar-refractivity contribution in [1.82, 2.24) is 19.5 Å². The summed E-state index contributed by atoms with van der Waals surface area (Å²) >= 11 is 6.23. The summed E-state index contributed by atoms with van der Waals surface area (Å²) in [6.45, 7) is 3.90. The van der Waals surface area contributed by atoms with Gasteiger partial charge in [-0.3, -0.25) is 14.1 Å². The Kier molecular flexibility index (Phi) is 7.46. The van der Waals surface area contributed by atoms with Crippen LogP contribution in [0.25, 0.3) is 22.0 Å². The maximum Gasteiger partial charge on any atom is 0.296 e. The Labute approximate surface area is 279 Å². The number of nitrogens with one attached hydrogen (secondary N) is 3. The molecule has 0 bridgehead atoms. The number of benzene rings is 4. The second kappa shape index (κ2) is 11.6. The van der Waals surface area contributed by atoms with E-state index in [1.807, 2.05) is 32.0 Å². The molecular formula is C34H26ClN7O5S. The fraction of sp³-hybridized carbons (Fsp3) is 0.0882. The average Bonchev–Trinajstić information content (AvgIpc) is 3.03. The van der Waals surface area contributed by atoms with Crippen molar-refractivity contribution >= 4 is 73.1 Å². The van der Waals surface area contributed by atoms with E-state index in [1.165, 1.54) is 28.8 Å². The van der Waals surface area contributed by atoms with Crippen molar-refractivity contribution in [3.63, 3.8) is 0 Å². The predicted octanol–water partition coefficient (Wildman–Crippen LogP) is 6.68. The SMILES string of the molecule is Cc1ccc(C)c(Nc2nc(Cl)nc(Nc3ccc(S(=O)(=O)O)c(Nc4ccc5c6c(cc(=O)n5C)-c5ccccc5C(=O)c46)c3)n2)c1. The van der Waals surface area contributed by atoms with Crippen LogP contribution < -0.4 is 21.5 Å². The zero-order valence-electron chi connectivity index (χ0n) is 25.7. The first-order valence-corrected chi connectivity index (χ1v) is 16.4. The zero-order valence-corrected chi connectivity index (χ0v) is 27.2. The van der Waals surface area contributed by atoms with Crippen LogP contribution in [0.4, 0.5) is 34.6 Å². The molecule has 0 radical (unpaired) electrons. The van der Waals surface area contributed by atoms with Crippen molar-refractivity contribution in [3.8, 4) is 11.1 Å². The number of ketones is 1. The van der Waals surface area contributed by atoms with Gasteiger partial charge in [-0.1, -0.05) is 36.4 Å². The molecule has 0 unspecified atom stereocenters. The number of aryl methyl sites for hydroxylation is 3. The number of hydrogen-bond acceptors (Lipinski definition) is 10. The topological polar surface area (TPSA) is 168 Å². The molecule has 1 aliphatic carbocycles. The molecule has 2 aromatic heterocycles. The van der Waals surface area contributed by atoms with E-state index in [4.69, 9.17) is 11.6 Å². The first-order valence-electron chi connectivity index (χ1n) is 14.6. The third kappa shape index (κ3) is 5.53. The van der Waals surface area contributed by atoms with Crippen molar-refractivity contribution in [2.24, 2.45) is 7.05 Å². The highest BCUT2D eigenvalue weighted by molar-refractivity contribution is 7.86. The number of anilines is 6. The molecule has 0 saturated carbocycles. The van der Waals surface area contributed by atoms with E-state index in [9.17, 15) is 22.6 Å². The highest BCUT2D eigenvalue weighted by atomic mass is 35.5. The molecule has 14 heteroatoms. The molecule has 48 heavy (non-hydrogen) atoms. The minimum absolute atomic E-state index is 0.0370. The summed E-state index contributed by atoms with van der Waals surface area (Å²) in [5, 5.41) is 9.66. The Balaban J connectivity index is 1.31. The van der Waals surface area contributed by atoms with Gasteiger partial charge in [0.1, 0.15) is 4.90 Å². The largest absolute Gasteiger partial charge is 0.354 e. The molecule has 0 fully saturated rings. The molecule has 6 aromatic rings. The Hall–Kier alpha value is -5.63. The molecule has 240 valence electrons. The van der Waals surface area contributed by atoms with Crippen molar-refractivity contribution in [1.29, 1.82) is 0 Å². The maximum absolute atomic E-state index is 14.0. The molecule has 2 heterocycles. The summed E-state index contributed by atoms with van der Waals surface area (Å²) in [5.41, 5.74) is 5.50. The predicted molar refractivity (Wildman–Crippen MR) is 185 cm³/mol. The van der Waals surface area contributed by atoms with Gasteiger partial charge in [-0.05, 0) is 84.1 Å². The third-order valence-corrected chi connectivity index (χ3v) is 9.21. The number of carbonyl (C=O) groups is 1. The van der Waals surface area contributed by atoms with Crippen LogP contribution in [0.15, 0.2) is 88.6 Å². The number of halogens is 1. The van der Waals surface area contributed by atoms with Crippen LogP contribution in [-0.4, -0.2) is 38.3 Å². The number of rotatable bonds is 7. The van der Waals surface area contributed by atoms with Crippen molar-refractivity contribution in [3.05, 3.63) is 117 Å². The summed E-state index contributed by atoms with van der Waals surface area (Å²) in [6, 6.07) is 21.7. The van der Waals surface area contributed by atoms with Gasteiger partial charge < -0.3 is 20.5 Å². The Bertz CT molecular complexity index is 2520. The first kappa shape index (κ1) is 31.0. The summed E-state index contributed by atoms with van der Waals surface area (Å²) in [6.07, 6.45) is 0. The molecule has 12 nitrogen and oxygen atoms in total. The second-order valence-corrected chi connectivity index (χ2v) is 13.1. The lowest BCUT2D eigenvalue weighted by molar-refractivity contribution is 0.104. The van der Waals surface area contributed by atoms with Gasteiger partial charge in [-0.15, -0.1) is 0 Å². The van der Waals surface area contributed by atoms with Crippen LogP contribution in [0.1, 0.15) is 27.0 Å². The van der Waals surface area contributed by atoms with Crippen LogP contribution in [0, 0.1) is 13.8 Å². The van der Waals surface area contributed by atoms with Crippen LogP contribution in [0.3, 0.4) is 0 Å². The van der Waals surface area contributed by atoms with Gasteiger partial charge in [-0.25, -0.2) is 0 Å². The number of hydrogen-bond donors (Lipinski definition) is 4. The monoisotopic (exact) mass is 679 g/mol.